The fourth-order valence-electron chi connectivity index (χ4n) is 8.53. The molecule has 0 spiro atoms. The lowest BCUT2D eigenvalue weighted by Crippen LogP contribution is -2.28. The first-order valence-electron chi connectivity index (χ1n) is 18.0. The van der Waals surface area contributed by atoms with Gasteiger partial charge in [0.1, 0.15) is 0 Å². The van der Waals surface area contributed by atoms with Gasteiger partial charge in [-0.3, -0.25) is 0 Å². The molecule has 0 radical (unpaired) electrons. The van der Waals surface area contributed by atoms with E-state index in [1.165, 1.54) is 60.8 Å². The average Bonchev–Trinajstić information content (AvgIpc) is 3.50. The minimum atomic E-state index is -0.498. The number of hydrogen-bond acceptors (Lipinski definition) is 1. The monoisotopic (exact) mass is 653 g/mol. The van der Waals surface area contributed by atoms with Gasteiger partial charge in [-0.1, -0.05) is 178 Å². The molecule has 0 bridgehead atoms. The Bertz CT molecular complexity index is 2440. The molecule has 0 aromatic heterocycles. The summed E-state index contributed by atoms with van der Waals surface area (Å²) in [6.07, 6.45) is 0. The summed E-state index contributed by atoms with van der Waals surface area (Å²) in [5.41, 5.74) is 14.6. The maximum absolute atomic E-state index is 2.48. The number of nitrogens with zero attached hydrogens (tertiary/aromatic N) is 1. The van der Waals surface area contributed by atoms with Crippen LogP contribution in [0.5, 0.6) is 0 Å². The van der Waals surface area contributed by atoms with Crippen molar-refractivity contribution in [1.29, 1.82) is 0 Å². The Balaban J connectivity index is 1.39. The fraction of sp³-hybridized carbons (Fsp3) is 0.0800. The number of benzene rings is 8. The highest BCUT2D eigenvalue weighted by Crippen LogP contribution is 2.59. The highest BCUT2D eigenvalue weighted by atomic mass is 15.1. The van der Waals surface area contributed by atoms with Crippen molar-refractivity contribution < 1.29 is 0 Å². The van der Waals surface area contributed by atoms with Gasteiger partial charge in [0, 0.05) is 16.9 Å². The second-order valence-corrected chi connectivity index (χ2v) is 13.9. The fourth-order valence-corrected chi connectivity index (χ4v) is 8.53. The Morgan fingerprint density at radius 2 is 1.06 bits per heavy atom. The third-order valence-electron chi connectivity index (χ3n) is 10.7. The molecule has 1 aliphatic rings. The van der Waals surface area contributed by atoms with E-state index in [2.05, 4.69) is 213 Å². The summed E-state index contributed by atoms with van der Waals surface area (Å²) < 4.78 is 0. The highest BCUT2D eigenvalue weighted by Gasteiger charge is 2.47. The van der Waals surface area contributed by atoms with E-state index in [-0.39, 0.29) is 0 Å². The van der Waals surface area contributed by atoms with Crippen molar-refractivity contribution in [2.24, 2.45) is 0 Å². The normalized spacial score (nSPS) is 12.8. The van der Waals surface area contributed by atoms with Crippen molar-refractivity contribution in [3.8, 4) is 22.3 Å². The molecule has 0 saturated heterocycles. The first-order chi connectivity index (χ1) is 25.2. The van der Waals surface area contributed by atoms with E-state index in [9.17, 15) is 0 Å². The topological polar surface area (TPSA) is 3.24 Å². The van der Waals surface area contributed by atoms with Crippen molar-refractivity contribution in [2.75, 3.05) is 4.90 Å². The zero-order chi connectivity index (χ0) is 34.4. The summed E-state index contributed by atoms with van der Waals surface area (Å²) in [4.78, 5) is 2.46. The minimum absolute atomic E-state index is 0.377. The first kappa shape index (κ1) is 30.8. The minimum Gasteiger partial charge on any atom is -0.310 e. The van der Waals surface area contributed by atoms with Crippen LogP contribution < -0.4 is 4.90 Å². The largest absolute Gasteiger partial charge is 0.310 e. The SMILES string of the molecule is CC(C)c1cccc2c1-c1ccc(N(c3ccccc3)c3ccc4ccccc4c3-c3ccccc3)cc1C2(c1ccccc1)c1ccccc1. The van der Waals surface area contributed by atoms with Crippen LogP contribution in [0.25, 0.3) is 33.0 Å². The van der Waals surface area contributed by atoms with E-state index < -0.39 is 5.41 Å². The van der Waals surface area contributed by atoms with Crippen LogP contribution in [0.4, 0.5) is 17.1 Å². The summed E-state index contributed by atoms with van der Waals surface area (Å²) in [6, 6.07) is 71.4. The molecular formula is C50H39N. The van der Waals surface area contributed by atoms with Gasteiger partial charge in [0.05, 0.1) is 11.1 Å². The zero-order valence-corrected chi connectivity index (χ0v) is 29.0. The van der Waals surface area contributed by atoms with Gasteiger partial charge in [0.15, 0.2) is 0 Å². The Morgan fingerprint density at radius 3 is 1.73 bits per heavy atom. The van der Waals surface area contributed by atoms with Crippen molar-refractivity contribution in [3.05, 3.63) is 222 Å². The second-order valence-electron chi connectivity index (χ2n) is 13.9. The van der Waals surface area contributed by atoms with Gasteiger partial charge in [-0.25, -0.2) is 0 Å². The summed E-state index contributed by atoms with van der Waals surface area (Å²) in [5.74, 6) is 0.377. The molecule has 0 fully saturated rings. The van der Waals surface area contributed by atoms with E-state index >= 15 is 0 Å². The van der Waals surface area contributed by atoms with Crippen molar-refractivity contribution >= 4 is 27.8 Å². The summed E-state index contributed by atoms with van der Waals surface area (Å²) in [6.45, 7) is 4.63. The number of anilines is 3. The molecule has 8 aromatic rings. The lowest BCUT2D eigenvalue weighted by molar-refractivity contribution is 0.765. The summed E-state index contributed by atoms with van der Waals surface area (Å²) >= 11 is 0. The molecule has 1 heteroatoms. The molecule has 0 N–H and O–H groups in total. The van der Waals surface area contributed by atoms with Crippen LogP contribution in [0.2, 0.25) is 0 Å². The Morgan fingerprint density at radius 1 is 0.451 bits per heavy atom. The standard InChI is InChI=1S/C50H39N/c1-35(2)42-28-17-29-45-49(42)44-32-31-41(34-46(44)50(45,38-21-9-4-10-22-38)39-23-11-5-12-24-39)51(40-25-13-6-14-26-40)47-33-30-36-18-15-16-27-43(36)48(47)37-19-7-3-8-20-37/h3-35H,1-2H3. The van der Waals surface area contributed by atoms with Crippen molar-refractivity contribution in [2.45, 2.75) is 25.2 Å². The molecule has 8 aromatic carbocycles. The molecule has 244 valence electrons. The van der Waals surface area contributed by atoms with Gasteiger partial charge in [0.2, 0.25) is 0 Å². The van der Waals surface area contributed by atoms with Gasteiger partial charge < -0.3 is 4.90 Å². The molecular weight excluding hydrogens is 615 g/mol. The molecule has 51 heavy (non-hydrogen) atoms. The summed E-state index contributed by atoms with van der Waals surface area (Å²) in [7, 11) is 0. The van der Waals surface area contributed by atoms with Crippen LogP contribution in [-0.2, 0) is 5.41 Å². The van der Waals surface area contributed by atoms with Crippen LogP contribution in [0.15, 0.2) is 194 Å². The van der Waals surface area contributed by atoms with Crippen molar-refractivity contribution in [3.63, 3.8) is 0 Å². The third-order valence-corrected chi connectivity index (χ3v) is 10.7. The van der Waals surface area contributed by atoms with Crippen LogP contribution >= 0.6 is 0 Å². The molecule has 0 unspecified atom stereocenters. The second kappa shape index (κ2) is 12.6. The maximum atomic E-state index is 2.48. The number of para-hydroxylation sites is 1. The molecule has 0 saturated carbocycles. The van der Waals surface area contributed by atoms with Crippen LogP contribution in [0.3, 0.4) is 0 Å². The van der Waals surface area contributed by atoms with Gasteiger partial charge in [0.25, 0.3) is 0 Å². The van der Waals surface area contributed by atoms with Gasteiger partial charge in [-0.2, -0.15) is 0 Å². The van der Waals surface area contributed by atoms with Crippen molar-refractivity contribution in [1.82, 2.24) is 0 Å². The van der Waals surface area contributed by atoms with E-state index in [0.717, 1.165) is 17.1 Å². The predicted molar refractivity (Wildman–Crippen MR) is 215 cm³/mol. The van der Waals surface area contributed by atoms with Gasteiger partial charge >= 0.3 is 0 Å². The van der Waals surface area contributed by atoms with E-state index in [0.29, 0.717) is 5.92 Å². The third kappa shape index (κ3) is 4.92. The number of rotatable bonds is 7. The molecule has 0 atom stereocenters. The smallest absolute Gasteiger partial charge is 0.0714 e. The Labute approximate surface area is 301 Å². The summed E-state index contributed by atoms with van der Waals surface area (Å²) in [5, 5.41) is 2.46. The molecule has 0 aliphatic heterocycles. The predicted octanol–water partition coefficient (Wildman–Crippen LogP) is 13.5. The van der Waals surface area contributed by atoms with Gasteiger partial charge in [-0.15, -0.1) is 0 Å². The Hall–Kier alpha value is -6.18. The van der Waals surface area contributed by atoms with Crippen LogP contribution in [0.1, 0.15) is 47.6 Å². The molecule has 0 heterocycles. The number of fused-ring (bicyclic) bond motifs is 4. The van der Waals surface area contributed by atoms with Crippen LogP contribution in [0, 0.1) is 0 Å². The Kier molecular flexibility index (Phi) is 7.63. The molecule has 1 aliphatic carbocycles. The van der Waals surface area contributed by atoms with E-state index in [1.54, 1.807) is 0 Å². The average molecular weight is 654 g/mol. The molecule has 0 amide bonds. The van der Waals surface area contributed by atoms with E-state index in [4.69, 9.17) is 0 Å². The van der Waals surface area contributed by atoms with E-state index in [1.807, 2.05) is 0 Å². The molecule has 9 rings (SSSR count). The molecule has 1 nitrogen and oxygen atoms in total. The number of hydrogen-bond donors (Lipinski definition) is 0. The highest BCUT2D eigenvalue weighted by molar-refractivity contribution is 6.05. The van der Waals surface area contributed by atoms with Gasteiger partial charge in [-0.05, 0) is 91.5 Å². The first-order valence-corrected chi connectivity index (χ1v) is 18.0. The lowest BCUT2D eigenvalue weighted by Gasteiger charge is -2.35. The maximum Gasteiger partial charge on any atom is 0.0714 e. The zero-order valence-electron chi connectivity index (χ0n) is 29.0. The lowest BCUT2D eigenvalue weighted by atomic mass is 9.67. The van der Waals surface area contributed by atoms with Crippen LogP contribution in [-0.4, -0.2) is 0 Å². The quantitative estimate of drug-likeness (QED) is 0.165.